The molecule has 2 saturated heterocycles. The van der Waals surface area contributed by atoms with E-state index in [9.17, 15) is 26.3 Å². The minimum absolute atomic E-state index is 0.0417. The van der Waals surface area contributed by atoms with Crippen LogP contribution >= 0.6 is 11.3 Å². The summed E-state index contributed by atoms with van der Waals surface area (Å²) in [6.45, 7) is 3.86. The van der Waals surface area contributed by atoms with Gasteiger partial charge in [0.1, 0.15) is 17.6 Å². The SMILES string of the molecule is N#Cc1cccc(NC2COC3(CCCN(Cc4cccs4)C3)C2)n1.O=C(O)C(F)(F)F.O=C(O)C(F)(F)F. The highest BCUT2D eigenvalue weighted by molar-refractivity contribution is 7.09. The first kappa shape index (κ1) is 31.8. The summed E-state index contributed by atoms with van der Waals surface area (Å²) in [6, 6.07) is 12.2. The molecule has 0 bridgehead atoms. The molecule has 2 aromatic heterocycles. The lowest BCUT2D eigenvalue weighted by Gasteiger charge is -2.39. The number of hydrogen-bond acceptors (Lipinski definition) is 8. The largest absolute Gasteiger partial charge is 0.490 e. The van der Waals surface area contributed by atoms with Crippen molar-refractivity contribution in [2.45, 2.75) is 49.8 Å². The predicted octanol–water partition coefficient (Wildman–Crippen LogP) is 4.52. The summed E-state index contributed by atoms with van der Waals surface area (Å²) in [7, 11) is 0. The Morgan fingerprint density at radius 3 is 2.33 bits per heavy atom. The molecular formula is C23H24F6N4O5S. The fourth-order valence-corrected chi connectivity index (χ4v) is 4.70. The van der Waals surface area contributed by atoms with E-state index in [0.717, 1.165) is 38.3 Å². The van der Waals surface area contributed by atoms with Gasteiger partial charge in [0, 0.05) is 24.4 Å². The molecule has 2 aliphatic rings. The van der Waals surface area contributed by atoms with Crippen LogP contribution in [0.3, 0.4) is 0 Å². The van der Waals surface area contributed by atoms with Gasteiger partial charge in [0.15, 0.2) is 0 Å². The summed E-state index contributed by atoms with van der Waals surface area (Å²) in [5, 5.41) is 28.8. The summed E-state index contributed by atoms with van der Waals surface area (Å²) < 4.78 is 69.8. The van der Waals surface area contributed by atoms with E-state index in [1.807, 2.05) is 23.5 Å². The van der Waals surface area contributed by atoms with Crippen LogP contribution in [0.25, 0.3) is 0 Å². The van der Waals surface area contributed by atoms with Crippen molar-refractivity contribution < 1.29 is 50.9 Å². The van der Waals surface area contributed by atoms with Crippen molar-refractivity contribution in [3.05, 3.63) is 46.3 Å². The van der Waals surface area contributed by atoms with Crippen molar-refractivity contribution in [2.75, 3.05) is 25.0 Å². The summed E-state index contributed by atoms with van der Waals surface area (Å²) in [4.78, 5) is 26.0. The lowest BCUT2D eigenvalue weighted by Crippen LogP contribution is -2.47. The van der Waals surface area contributed by atoms with E-state index in [4.69, 9.17) is 29.8 Å². The number of aliphatic carboxylic acids is 2. The zero-order chi connectivity index (χ0) is 29.3. The monoisotopic (exact) mass is 582 g/mol. The van der Waals surface area contributed by atoms with Crippen LogP contribution in [0.4, 0.5) is 32.2 Å². The average Bonchev–Trinajstić information content (AvgIpc) is 3.49. The van der Waals surface area contributed by atoms with E-state index >= 15 is 0 Å². The molecule has 2 aliphatic heterocycles. The summed E-state index contributed by atoms with van der Waals surface area (Å²) in [5.41, 5.74) is 0.401. The summed E-state index contributed by atoms with van der Waals surface area (Å²) in [6.07, 6.45) is -6.87. The second kappa shape index (κ2) is 13.6. The predicted molar refractivity (Wildman–Crippen MR) is 126 cm³/mol. The van der Waals surface area contributed by atoms with Gasteiger partial charge in [0.2, 0.25) is 0 Å². The number of aromatic nitrogens is 1. The molecule has 214 valence electrons. The van der Waals surface area contributed by atoms with Crippen LogP contribution in [-0.2, 0) is 20.9 Å². The number of nitrogens with zero attached hydrogens (tertiary/aromatic N) is 3. The zero-order valence-corrected chi connectivity index (χ0v) is 20.9. The Morgan fingerprint density at radius 1 is 1.15 bits per heavy atom. The van der Waals surface area contributed by atoms with Crippen molar-refractivity contribution in [2.24, 2.45) is 0 Å². The molecule has 2 unspecified atom stereocenters. The molecule has 2 atom stereocenters. The Balaban J connectivity index is 0.000000317. The van der Waals surface area contributed by atoms with Gasteiger partial charge in [-0.25, -0.2) is 14.6 Å². The van der Waals surface area contributed by atoms with E-state index < -0.39 is 24.3 Å². The van der Waals surface area contributed by atoms with Crippen molar-refractivity contribution in [3.8, 4) is 6.07 Å². The molecule has 4 rings (SSSR count). The molecule has 9 nitrogen and oxygen atoms in total. The molecule has 2 fully saturated rings. The first-order valence-electron chi connectivity index (χ1n) is 11.3. The Hall–Kier alpha value is -3.42. The number of nitriles is 1. The molecule has 0 aromatic carbocycles. The van der Waals surface area contributed by atoms with Gasteiger partial charge >= 0.3 is 24.3 Å². The number of hydrogen-bond donors (Lipinski definition) is 3. The number of anilines is 1. The smallest absolute Gasteiger partial charge is 0.475 e. The maximum absolute atomic E-state index is 10.6. The van der Waals surface area contributed by atoms with Gasteiger partial charge in [-0.05, 0) is 43.0 Å². The van der Waals surface area contributed by atoms with Gasteiger partial charge in [-0.15, -0.1) is 11.3 Å². The van der Waals surface area contributed by atoms with E-state index in [2.05, 4.69) is 38.8 Å². The Bertz CT molecular complexity index is 1120. The molecule has 2 aromatic rings. The van der Waals surface area contributed by atoms with Gasteiger partial charge in [-0.1, -0.05) is 12.1 Å². The van der Waals surface area contributed by atoms with Crippen LogP contribution in [0, 0.1) is 11.3 Å². The number of carbonyl (C=O) groups is 2. The molecule has 0 amide bonds. The number of likely N-dealkylation sites (tertiary alicyclic amines) is 1. The Morgan fingerprint density at radius 2 is 1.79 bits per heavy atom. The molecule has 3 N–H and O–H groups in total. The number of halogens is 6. The first-order chi connectivity index (χ1) is 18.1. The first-order valence-corrected chi connectivity index (χ1v) is 12.1. The number of thiophene rings is 1. The number of alkyl halides is 6. The molecule has 0 aliphatic carbocycles. The van der Waals surface area contributed by atoms with Gasteiger partial charge in [-0.3, -0.25) is 4.90 Å². The van der Waals surface area contributed by atoms with Gasteiger partial charge in [0.05, 0.1) is 18.2 Å². The topological polar surface area (TPSA) is 136 Å². The van der Waals surface area contributed by atoms with Crippen LogP contribution < -0.4 is 5.32 Å². The lowest BCUT2D eigenvalue weighted by molar-refractivity contribution is -0.193. The van der Waals surface area contributed by atoms with Gasteiger partial charge in [0.25, 0.3) is 0 Å². The molecule has 1 spiro atoms. The van der Waals surface area contributed by atoms with Gasteiger partial charge < -0.3 is 20.3 Å². The van der Waals surface area contributed by atoms with Crippen molar-refractivity contribution in [1.82, 2.24) is 9.88 Å². The minimum atomic E-state index is -5.08. The third-order valence-electron chi connectivity index (χ3n) is 5.49. The highest BCUT2D eigenvalue weighted by Crippen LogP contribution is 2.36. The molecule has 4 heterocycles. The highest BCUT2D eigenvalue weighted by atomic mass is 32.1. The van der Waals surface area contributed by atoms with Crippen LogP contribution in [-0.4, -0.2) is 75.7 Å². The average molecular weight is 583 g/mol. The second-order valence-corrected chi connectivity index (χ2v) is 9.59. The second-order valence-electron chi connectivity index (χ2n) is 8.56. The maximum Gasteiger partial charge on any atom is 0.490 e. The van der Waals surface area contributed by atoms with E-state index in [1.165, 1.54) is 11.3 Å². The van der Waals surface area contributed by atoms with E-state index in [-0.39, 0.29) is 11.6 Å². The fourth-order valence-electron chi connectivity index (χ4n) is 3.96. The number of nitrogens with one attached hydrogen (secondary N) is 1. The van der Waals surface area contributed by atoms with Crippen molar-refractivity contribution in [1.29, 1.82) is 5.26 Å². The van der Waals surface area contributed by atoms with Crippen LogP contribution in [0.2, 0.25) is 0 Å². The normalized spacial score (nSPS) is 21.1. The molecule has 0 saturated carbocycles. The molecule has 16 heteroatoms. The quantitative estimate of drug-likeness (QED) is 0.445. The standard InChI is InChI=1S/C19H22N4OS.2C2HF3O2/c20-11-15-4-1-6-18(21-15)22-16-10-19(24-13-16)7-3-8-23(14-19)12-17-5-2-9-25-17;2*3-2(4,5)1(6)7/h1-2,4-6,9,16H,3,7-8,10,12-14H2,(H,21,22);2*(H,6,7). The Labute approximate surface area is 222 Å². The van der Waals surface area contributed by atoms with Crippen LogP contribution in [0.5, 0.6) is 0 Å². The Kier molecular flexibility index (Phi) is 11.1. The summed E-state index contributed by atoms with van der Waals surface area (Å²) in [5.74, 6) is -4.75. The number of piperidine rings is 1. The minimum Gasteiger partial charge on any atom is -0.475 e. The maximum atomic E-state index is 10.6. The molecule has 39 heavy (non-hydrogen) atoms. The summed E-state index contributed by atoms with van der Waals surface area (Å²) >= 11 is 1.82. The third kappa shape index (κ3) is 10.7. The van der Waals surface area contributed by atoms with E-state index in [0.29, 0.717) is 12.3 Å². The number of pyridine rings is 1. The zero-order valence-electron chi connectivity index (χ0n) is 20.1. The lowest BCUT2D eigenvalue weighted by atomic mass is 9.88. The molecular weight excluding hydrogens is 558 g/mol. The van der Waals surface area contributed by atoms with Crippen molar-refractivity contribution in [3.63, 3.8) is 0 Å². The number of rotatable bonds is 4. The number of carboxylic acids is 2. The van der Waals surface area contributed by atoms with Crippen LogP contribution in [0.1, 0.15) is 29.8 Å². The van der Waals surface area contributed by atoms with Crippen LogP contribution in [0.15, 0.2) is 35.7 Å². The van der Waals surface area contributed by atoms with Gasteiger partial charge in [-0.2, -0.15) is 31.6 Å². The third-order valence-corrected chi connectivity index (χ3v) is 6.35. The highest BCUT2D eigenvalue weighted by Gasteiger charge is 2.43. The van der Waals surface area contributed by atoms with Crippen molar-refractivity contribution >= 4 is 29.1 Å². The number of carboxylic acid groups (broad SMARTS) is 2. The van der Waals surface area contributed by atoms with E-state index in [1.54, 1.807) is 6.07 Å². The number of ether oxygens (including phenoxy) is 1. The molecule has 0 radical (unpaired) electrons. The fraction of sp³-hybridized carbons (Fsp3) is 0.478.